The minimum atomic E-state index is 0.249. The average Bonchev–Trinajstić information content (AvgIpc) is 3.43. The number of hydrogen-bond donors (Lipinski definition) is 1. The summed E-state index contributed by atoms with van der Waals surface area (Å²) in [6.07, 6.45) is 6.00. The standard InChI is InChI=1S/C20H24N2O2/c1-15-19(24-14-17-5-3-2-4-6-17)11-12-21-20(15)22-13-18(23)10-9-16-7-8-16/h2-6,11-12,16H,7-10,13-14H2,1H3,(H,21,22). The number of benzene rings is 1. The molecule has 1 aromatic heterocycles. The molecule has 126 valence electrons. The molecule has 1 saturated carbocycles. The quantitative estimate of drug-likeness (QED) is 0.753. The maximum Gasteiger partial charge on any atom is 0.151 e. The lowest BCUT2D eigenvalue weighted by Crippen LogP contribution is -2.15. The summed E-state index contributed by atoms with van der Waals surface area (Å²) >= 11 is 0. The van der Waals surface area contributed by atoms with E-state index >= 15 is 0 Å². The Balaban J connectivity index is 1.53. The predicted octanol–water partition coefficient (Wildman–Crippen LogP) is 4.14. The number of nitrogens with zero attached hydrogens (tertiary/aromatic N) is 1. The van der Waals surface area contributed by atoms with Crippen LogP contribution < -0.4 is 10.1 Å². The van der Waals surface area contributed by atoms with Crippen molar-refractivity contribution in [3.05, 3.63) is 53.7 Å². The highest BCUT2D eigenvalue weighted by Crippen LogP contribution is 2.33. The summed E-state index contributed by atoms with van der Waals surface area (Å²) in [6.45, 7) is 2.82. The van der Waals surface area contributed by atoms with E-state index in [-0.39, 0.29) is 5.78 Å². The van der Waals surface area contributed by atoms with Crippen molar-refractivity contribution in [1.29, 1.82) is 0 Å². The highest BCUT2D eigenvalue weighted by Gasteiger charge is 2.21. The Labute approximate surface area is 143 Å². The first kappa shape index (κ1) is 16.5. The van der Waals surface area contributed by atoms with Gasteiger partial charge in [0.25, 0.3) is 0 Å². The molecule has 1 aliphatic carbocycles. The number of nitrogens with one attached hydrogen (secondary N) is 1. The summed E-state index contributed by atoms with van der Waals surface area (Å²) < 4.78 is 5.89. The number of carbonyl (C=O) groups excluding carboxylic acids is 1. The number of hydrogen-bond acceptors (Lipinski definition) is 4. The monoisotopic (exact) mass is 324 g/mol. The average molecular weight is 324 g/mol. The number of rotatable bonds is 9. The van der Waals surface area contributed by atoms with Crippen molar-refractivity contribution in [2.75, 3.05) is 11.9 Å². The lowest BCUT2D eigenvalue weighted by atomic mass is 10.1. The SMILES string of the molecule is Cc1c(OCc2ccccc2)ccnc1NCC(=O)CCC1CC1. The number of aromatic nitrogens is 1. The van der Waals surface area contributed by atoms with Gasteiger partial charge in [-0.05, 0) is 30.9 Å². The minimum Gasteiger partial charge on any atom is -0.488 e. The summed E-state index contributed by atoms with van der Waals surface area (Å²) in [4.78, 5) is 16.3. The third kappa shape index (κ3) is 4.82. The van der Waals surface area contributed by atoms with Crippen molar-refractivity contribution in [2.24, 2.45) is 5.92 Å². The fourth-order valence-corrected chi connectivity index (χ4v) is 2.63. The Kier molecular flexibility index (Phi) is 5.47. The van der Waals surface area contributed by atoms with E-state index < -0.39 is 0 Å². The number of pyridine rings is 1. The molecule has 1 heterocycles. The van der Waals surface area contributed by atoms with Crippen LogP contribution in [0.3, 0.4) is 0 Å². The smallest absolute Gasteiger partial charge is 0.151 e. The zero-order valence-corrected chi connectivity index (χ0v) is 14.1. The first-order valence-corrected chi connectivity index (χ1v) is 8.60. The second-order valence-corrected chi connectivity index (χ2v) is 6.43. The van der Waals surface area contributed by atoms with Gasteiger partial charge in [0.2, 0.25) is 0 Å². The van der Waals surface area contributed by atoms with Crippen molar-refractivity contribution in [1.82, 2.24) is 4.98 Å². The lowest BCUT2D eigenvalue weighted by molar-refractivity contribution is -0.117. The molecule has 0 bridgehead atoms. The molecule has 1 aromatic carbocycles. The molecule has 1 aliphatic rings. The third-order valence-corrected chi connectivity index (χ3v) is 4.37. The van der Waals surface area contributed by atoms with Gasteiger partial charge < -0.3 is 10.1 Å². The van der Waals surface area contributed by atoms with Crippen molar-refractivity contribution in [3.63, 3.8) is 0 Å². The molecule has 0 amide bonds. The molecule has 0 aliphatic heterocycles. The summed E-state index contributed by atoms with van der Waals surface area (Å²) in [6, 6.07) is 11.9. The molecule has 4 nitrogen and oxygen atoms in total. The van der Waals surface area contributed by atoms with Gasteiger partial charge >= 0.3 is 0 Å². The molecule has 0 spiro atoms. The van der Waals surface area contributed by atoms with Gasteiger partial charge in [0.15, 0.2) is 5.78 Å². The van der Waals surface area contributed by atoms with Crippen molar-refractivity contribution >= 4 is 11.6 Å². The zero-order chi connectivity index (χ0) is 16.8. The van der Waals surface area contributed by atoms with Gasteiger partial charge in [-0.2, -0.15) is 0 Å². The summed E-state index contributed by atoms with van der Waals surface area (Å²) in [5, 5.41) is 3.15. The molecular formula is C20H24N2O2. The second-order valence-electron chi connectivity index (χ2n) is 6.43. The normalized spacial score (nSPS) is 13.5. The van der Waals surface area contributed by atoms with Crippen LogP contribution in [0.4, 0.5) is 5.82 Å². The zero-order valence-electron chi connectivity index (χ0n) is 14.1. The Morgan fingerprint density at radius 1 is 1.25 bits per heavy atom. The highest BCUT2D eigenvalue weighted by atomic mass is 16.5. The van der Waals surface area contributed by atoms with E-state index in [1.54, 1.807) is 6.20 Å². The molecule has 0 saturated heterocycles. The van der Waals surface area contributed by atoms with Crippen LogP contribution >= 0.6 is 0 Å². The van der Waals surface area contributed by atoms with E-state index in [1.165, 1.54) is 12.8 Å². The van der Waals surface area contributed by atoms with Crippen molar-refractivity contribution in [2.45, 2.75) is 39.2 Å². The molecular weight excluding hydrogens is 300 g/mol. The van der Waals surface area contributed by atoms with Crippen LogP contribution in [0.25, 0.3) is 0 Å². The van der Waals surface area contributed by atoms with Gasteiger partial charge in [0.05, 0.1) is 6.54 Å². The van der Waals surface area contributed by atoms with Gasteiger partial charge in [-0.25, -0.2) is 4.98 Å². The maximum absolute atomic E-state index is 11.9. The fraction of sp³-hybridized carbons (Fsp3) is 0.400. The van der Waals surface area contributed by atoms with Crippen molar-refractivity contribution < 1.29 is 9.53 Å². The third-order valence-electron chi connectivity index (χ3n) is 4.37. The van der Waals surface area contributed by atoms with E-state index in [9.17, 15) is 4.79 Å². The molecule has 1 fully saturated rings. The first-order valence-electron chi connectivity index (χ1n) is 8.60. The van der Waals surface area contributed by atoms with Gasteiger partial charge in [0, 0.05) is 18.2 Å². The van der Waals surface area contributed by atoms with Gasteiger partial charge in [-0.15, -0.1) is 0 Å². The number of anilines is 1. The van der Waals surface area contributed by atoms with E-state index in [0.29, 0.717) is 19.6 Å². The summed E-state index contributed by atoms with van der Waals surface area (Å²) in [5.74, 6) is 2.56. The van der Waals surface area contributed by atoms with Crippen LogP contribution in [0.2, 0.25) is 0 Å². The van der Waals surface area contributed by atoms with Crippen LogP contribution in [0.5, 0.6) is 5.75 Å². The van der Waals surface area contributed by atoms with Gasteiger partial charge in [0.1, 0.15) is 18.2 Å². The number of ether oxygens (including phenoxy) is 1. The van der Waals surface area contributed by atoms with Crippen LogP contribution in [-0.4, -0.2) is 17.3 Å². The van der Waals surface area contributed by atoms with E-state index in [2.05, 4.69) is 10.3 Å². The molecule has 3 rings (SSSR count). The largest absolute Gasteiger partial charge is 0.488 e. The second kappa shape index (κ2) is 7.95. The first-order chi connectivity index (χ1) is 11.7. The number of carbonyl (C=O) groups is 1. The van der Waals surface area contributed by atoms with E-state index in [1.807, 2.05) is 43.3 Å². The Hall–Kier alpha value is -2.36. The van der Waals surface area contributed by atoms with E-state index in [0.717, 1.165) is 35.0 Å². The molecule has 24 heavy (non-hydrogen) atoms. The molecule has 0 atom stereocenters. The highest BCUT2D eigenvalue weighted by molar-refractivity contribution is 5.82. The van der Waals surface area contributed by atoms with Crippen LogP contribution in [0.1, 0.15) is 36.8 Å². The predicted molar refractivity (Wildman–Crippen MR) is 95.2 cm³/mol. The van der Waals surface area contributed by atoms with Crippen molar-refractivity contribution in [3.8, 4) is 5.75 Å². The number of ketones is 1. The van der Waals surface area contributed by atoms with Crippen LogP contribution in [0.15, 0.2) is 42.6 Å². The Bertz CT molecular complexity index is 681. The molecule has 0 unspecified atom stereocenters. The van der Waals surface area contributed by atoms with E-state index in [4.69, 9.17) is 4.74 Å². The topological polar surface area (TPSA) is 51.2 Å². The Morgan fingerprint density at radius 3 is 2.79 bits per heavy atom. The number of Topliss-reactive ketones (excluding diaryl/α,β-unsaturated/α-hetero) is 1. The summed E-state index contributed by atoms with van der Waals surface area (Å²) in [7, 11) is 0. The van der Waals surface area contributed by atoms with Crippen LogP contribution in [-0.2, 0) is 11.4 Å². The molecule has 0 radical (unpaired) electrons. The minimum absolute atomic E-state index is 0.249. The fourth-order valence-electron chi connectivity index (χ4n) is 2.63. The maximum atomic E-state index is 11.9. The molecule has 1 N–H and O–H groups in total. The van der Waals surface area contributed by atoms with Crippen LogP contribution in [0, 0.1) is 12.8 Å². The lowest BCUT2D eigenvalue weighted by Gasteiger charge is -2.13. The van der Waals surface area contributed by atoms with Gasteiger partial charge in [-0.3, -0.25) is 4.79 Å². The Morgan fingerprint density at radius 2 is 2.04 bits per heavy atom. The molecule has 2 aromatic rings. The molecule has 4 heteroatoms. The van der Waals surface area contributed by atoms with Gasteiger partial charge in [-0.1, -0.05) is 43.2 Å². The summed E-state index contributed by atoms with van der Waals surface area (Å²) in [5.41, 5.74) is 2.06.